The minimum absolute atomic E-state index is 0.0360. The molecule has 4 heteroatoms. The van der Waals surface area contributed by atoms with Crippen LogP contribution in [0.2, 0.25) is 0 Å². The Morgan fingerprint density at radius 3 is 2.59 bits per heavy atom. The predicted octanol–water partition coefficient (Wildman–Crippen LogP) is 1.30. The molecule has 2 fully saturated rings. The molecule has 0 radical (unpaired) electrons. The van der Waals surface area contributed by atoms with Crippen molar-refractivity contribution in [2.45, 2.75) is 58.0 Å². The number of carbonyl (C=O) groups excluding carboxylic acids is 2. The molecule has 1 N–H and O–H groups in total. The molecule has 0 bridgehead atoms. The highest BCUT2D eigenvalue weighted by molar-refractivity contribution is 5.89. The summed E-state index contributed by atoms with van der Waals surface area (Å²) in [6, 6.07) is 0.553. The van der Waals surface area contributed by atoms with Gasteiger partial charge in [-0.3, -0.25) is 9.59 Å². The summed E-state index contributed by atoms with van der Waals surface area (Å²) in [6.07, 6.45) is 5.07. The van der Waals surface area contributed by atoms with Crippen molar-refractivity contribution in [3.05, 3.63) is 0 Å². The number of nitrogens with one attached hydrogen (secondary N) is 1. The topological polar surface area (TPSA) is 49.4 Å². The zero-order chi connectivity index (χ0) is 12.4. The van der Waals surface area contributed by atoms with Gasteiger partial charge in [0.2, 0.25) is 11.8 Å². The number of hydrogen-bond donors (Lipinski definition) is 1. The largest absolute Gasteiger partial charge is 0.354 e. The van der Waals surface area contributed by atoms with Crippen LogP contribution >= 0.6 is 0 Å². The van der Waals surface area contributed by atoms with Gasteiger partial charge in [-0.25, -0.2) is 0 Å². The number of likely N-dealkylation sites (tertiary alicyclic amines) is 1. The Morgan fingerprint density at radius 1 is 1.35 bits per heavy atom. The molecule has 17 heavy (non-hydrogen) atoms. The molecule has 0 aromatic rings. The number of nitrogens with zero attached hydrogens (tertiary/aromatic N) is 1. The molecule has 1 aliphatic carbocycles. The summed E-state index contributed by atoms with van der Waals surface area (Å²) in [7, 11) is 0. The van der Waals surface area contributed by atoms with E-state index in [2.05, 4.69) is 5.32 Å². The number of hydrogen-bond acceptors (Lipinski definition) is 2. The highest BCUT2D eigenvalue weighted by Crippen LogP contribution is 2.29. The summed E-state index contributed by atoms with van der Waals surface area (Å²) in [5.74, 6) is 0.0696. The second-order valence-electron chi connectivity index (χ2n) is 5.55. The highest BCUT2D eigenvalue weighted by Gasteiger charge is 2.38. The van der Waals surface area contributed by atoms with E-state index in [0.29, 0.717) is 19.0 Å². The molecule has 1 saturated carbocycles. The summed E-state index contributed by atoms with van der Waals surface area (Å²) in [5.41, 5.74) is 0. The van der Waals surface area contributed by atoms with Crippen LogP contribution in [-0.4, -0.2) is 35.3 Å². The van der Waals surface area contributed by atoms with Gasteiger partial charge in [0.05, 0.1) is 5.92 Å². The average Bonchev–Trinajstić information content (AvgIpc) is 2.84. The maximum Gasteiger partial charge on any atom is 0.225 e. The monoisotopic (exact) mass is 238 g/mol. The van der Waals surface area contributed by atoms with E-state index in [0.717, 1.165) is 12.8 Å². The van der Waals surface area contributed by atoms with Crippen molar-refractivity contribution in [1.82, 2.24) is 10.2 Å². The number of carbonyl (C=O) groups is 2. The second-order valence-corrected chi connectivity index (χ2v) is 5.55. The lowest BCUT2D eigenvalue weighted by Gasteiger charge is -2.24. The molecule has 1 saturated heterocycles. The highest BCUT2D eigenvalue weighted by atomic mass is 16.2. The van der Waals surface area contributed by atoms with Crippen LogP contribution in [0.15, 0.2) is 0 Å². The van der Waals surface area contributed by atoms with E-state index in [1.54, 1.807) is 0 Å². The van der Waals surface area contributed by atoms with Gasteiger partial charge in [-0.15, -0.1) is 0 Å². The lowest BCUT2D eigenvalue weighted by atomic mass is 10.1. The quantitative estimate of drug-likeness (QED) is 0.805. The molecule has 0 unspecified atom stereocenters. The molecule has 2 amide bonds. The second kappa shape index (κ2) is 5.07. The van der Waals surface area contributed by atoms with Crippen molar-refractivity contribution in [2.75, 3.05) is 6.54 Å². The first-order valence-corrected chi connectivity index (χ1v) is 6.67. The molecule has 2 aliphatic rings. The van der Waals surface area contributed by atoms with Gasteiger partial charge in [0.1, 0.15) is 0 Å². The van der Waals surface area contributed by atoms with Gasteiger partial charge in [0, 0.05) is 25.0 Å². The third-order valence-electron chi connectivity index (χ3n) is 3.73. The fourth-order valence-electron chi connectivity index (χ4n) is 2.88. The van der Waals surface area contributed by atoms with Crippen LogP contribution in [0.5, 0.6) is 0 Å². The third kappa shape index (κ3) is 2.79. The Kier molecular flexibility index (Phi) is 3.69. The number of amides is 2. The molecule has 96 valence electrons. The van der Waals surface area contributed by atoms with Crippen LogP contribution in [0.4, 0.5) is 0 Å². The van der Waals surface area contributed by atoms with Crippen LogP contribution < -0.4 is 5.32 Å². The molecule has 0 spiro atoms. The SMILES string of the molecule is CC(C)NC(=O)[C@@H]1CC(=O)N(C2CCCC2)C1. The Bertz CT molecular complexity index is 309. The van der Waals surface area contributed by atoms with E-state index < -0.39 is 0 Å². The summed E-state index contributed by atoms with van der Waals surface area (Å²) >= 11 is 0. The van der Waals surface area contributed by atoms with Gasteiger partial charge in [-0.1, -0.05) is 12.8 Å². The van der Waals surface area contributed by atoms with Crippen molar-refractivity contribution < 1.29 is 9.59 Å². The maximum atomic E-state index is 11.9. The fraction of sp³-hybridized carbons (Fsp3) is 0.846. The van der Waals surface area contributed by atoms with Gasteiger partial charge < -0.3 is 10.2 Å². The van der Waals surface area contributed by atoms with Crippen LogP contribution in [-0.2, 0) is 9.59 Å². The maximum absolute atomic E-state index is 11.9. The standard InChI is InChI=1S/C13H22N2O2/c1-9(2)14-13(17)10-7-12(16)15(8-10)11-5-3-4-6-11/h9-11H,3-8H2,1-2H3,(H,14,17)/t10-/m1/s1. The predicted molar refractivity (Wildman–Crippen MR) is 65.4 cm³/mol. The fourth-order valence-corrected chi connectivity index (χ4v) is 2.88. The first kappa shape index (κ1) is 12.4. The smallest absolute Gasteiger partial charge is 0.225 e. The molecule has 4 nitrogen and oxygen atoms in total. The molecule has 1 heterocycles. The van der Waals surface area contributed by atoms with E-state index in [9.17, 15) is 9.59 Å². The van der Waals surface area contributed by atoms with E-state index in [4.69, 9.17) is 0 Å². The van der Waals surface area contributed by atoms with Gasteiger partial charge in [-0.2, -0.15) is 0 Å². The van der Waals surface area contributed by atoms with Gasteiger partial charge in [0.25, 0.3) is 0 Å². The Morgan fingerprint density at radius 2 is 2.00 bits per heavy atom. The summed E-state index contributed by atoms with van der Waals surface area (Å²) < 4.78 is 0. The molecular weight excluding hydrogens is 216 g/mol. The zero-order valence-electron chi connectivity index (χ0n) is 10.7. The Hall–Kier alpha value is -1.06. The van der Waals surface area contributed by atoms with Crippen molar-refractivity contribution in [1.29, 1.82) is 0 Å². The first-order chi connectivity index (χ1) is 8.08. The van der Waals surface area contributed by atoms with E-state index in [-0.39, 0.29) is 23.8 Å². The number of rotatable bonds is 3. The van der Waals surface area contributed by atoms with E-state index >= 15 is 0 Å². The van der Waals surface area contributed by atoms with E-state index in [1.165, 1.54) is 12.8 Å². The summed E-state index contributed by atoms with van der Waals surface area (Å²) in [5, 5.41) is 2.90. The molecule has 0 aromatic carbocycles. The average molecular weight is 238 g/mol. The molecule has 0 aromatic heterocycles. The molecular formula is C13H22N2O2. The summed E-state index contributed by atoms with van der Waals surface area (Å²) in [6.45, 7) is 4.52. The normalized spacial score (nSPS) is 25.9. The van der Waals surface area contributed by atoms with E-state index in [1.807, 2.05) is 18.7 Å². The van der Waals surface area contributed by atoms with Gasteiger partial charge in [-0.05, 0) is 26.7 Å². The van der Waals surface area contributed by atoms with Crippen molar-refractivity contribution >= 4 is 11.8 Å². The van der Waals surface area contributed by atoms with Gasteiger partial charge in [0.15, 0.2) is 0 Å². The Labute approximate surface area is 103 Å². The molecule has 1 aliphatic heterocycles. The molecule has 2 rings (SSSR count). The Balaban J connectivity index is 1.92. The van der Waals surface area contributed by atoms with Crippen LogP contribution in [0.1, 0.15) is 46.0 Å². The van der Waals surface area contributed by atoms with Crippen molar-refractivity contribution in [2.24, 2.45) is 5.92 Å². The van der Waals surface area contributed by atoms with Crippen molar-refractivity contribution in [3.63, 3.8) is 0 Å². The molecule has 1 atom stereocenters. The van der Waals surface area contributed by atoms with Crippen molar-refractivity contribution in [3.8, 4) is 0 Å². The lowest BCUT2D eigenvalue weighted by molar-refractivity contribution is -0.130. The minimum Gasteiger partial charge on any atom is -0.354 e. The lowest BCUT2D eigenvalue weighted by Crippen LogP contribution is -2.38. The summed E-state index contributed by atoms with van der Waals surface area (Å²) in [4.78, 5) is 25.7. The first-order valence-electron chi connectivity index (χ1n) is 6.67. The van der Waals surface area contributed by atoms with Gasteiger partial charge >= 0.3 is 0 Å². The zero-order valence-corrected chi connectivity index (χ0v) is 10.7. The third-order valence-corrected chi connectivity index (χ3v) is 3.73. The minimum atomic E-state index is -0.134. The van der Waals surface area contributed by atoms with Crippen LogP contribution in [0.25, 0.3) is 0 Å². The van der Waals surface area contributed by atoms with Crippen LogP contribution in [0, 0.1) is 5.92 Å². The van der Waals surface area contributed by atoms with Crippen LogP contribution in [0.3, 0.4) is 0 Å².